The fraction of sp³-hybridized carbons (Fsp3) is 0.526. The molecule has 0 aliphatic carbocycles. The van der Waals surface area contributed by atoms with E-state index >= 15 is 0 Å². The highest BCUT2D eigenvalue weighted by Gasteiger charge is 2.46. The molecule has 0 saturated carbocycles. The van der Waals surface area contributed by atoms with Gasteiger partial charge in [0.25, 0.3) is 0 Å². The number of Topliss-reactive ketones (excluding diaryl/α,β-unsaturated/α-hetero) is 1. The predicted octanol–water partition coefficient (Wildman–Crippen LogP) is 3.26. The number of amides is 1. The Morgan fingerprint density at radius 1 is 1.21 bits per heavy atom. The predicted molar refractivity (Wildman–Crippen MR) is 117 cm³/mol. The van der Waals surface area contributed by atoms with Gasteiger partial charge in [-0.15, -0.1) is 23.5 Å². The van der Waals surface area contributed by atoms with E-state index < -0.39 is 12.3 Å². The number of aromatic nitrogens is 1. The lowest BCUT2D eigenvalue weighted by Gasteiger charge is -2.37. The second-order valence-electron chi connectivity index (χ2n) is 7.25. The van der Waals surface area contributed by atoms with Gasteiger partial charge in [0.1, 0.15) is 5.82 Å². The summed E-state index contributed by atoms with van der Waals surface area (Å²) in [5.74, 6) is 2.11. The van der Waals surface area contributed by atoms with Crippen molar-refractivity contribution in [1.82, 2.24) is 14.8 Å². The number of carbonyl (C=O) groups excluding carboxylic acids is 2. The number of hydrogen-bond acceptors (Lipinski definition) is 8. The summed E-state index contributed by atoms with van der Waals surface area (Å²) in [5.41, 5.74) is 0. The van der Waals surface area contributed by atoms with E-state index in [1.54, 1.807) is 33.7 Å². The van der Waals surface area contributed by atoms with E-state index in [0.717, 1.165) is 29.6 Å². The lowest BCUT2D eigenvalue weighted by atomic mass is 10.2. The lowest BCUT2D eigenvalue weighted by molar-refractivity contribution is -0.122. The van der Waals surface area contributed by atoms with Crippen molar-refractivity contribution >= 4 is 52.8 Å². The maximum atomic E-state index is 13.1. The molecule has 3 aliphatic heterocycles. The highest BCUT2D eigenvalue weighted by Crippen LogP contribution is 2.45. The topological polar surface area (TPSA) is 66.0 Å². The van der Waals surface area contributed by atoms with Crippen LogP contribution < -0.4 is 4.90 Å². The van der Waals surface area contributed by atoms with Crippen LogP contribution in [0, 0.1) is 0 Å². The summed E-state index contributed by atoms with van der Waals surface area (Å²) in [7, 11) is 0. The Morgan fingerprint density at radius 3 is 2.59 bits per heavy atom. The molecule has 1 aromatic rings. The van der Waals surface area contributed by atoms with Crippen LogP contribution in [-0.2, 0) is 9.53 Å². The van der Waals surface area contributed by atoms with Gasteiger partial charge in [0.15, 0.2) is 0 Å². The van der Waals surface area contributed by atoms with Gasteiger partial charge >= 0.3 is 6.09 Å². The summed E-state index contributed by atoms with van der Waals surface area (Å²) in [4.78, 5) is 36.6. The molecule has 1 unspecified atom stereocenters. The van der Waals surface area contributed by atoms with Crippen LogP contribution in [0.5, 0.6) is 0 Å². The fourth-order valence-electron chi connectivity index (χ4n) is 3.53. The minimum Gasteiger partial charge on any atom is -0.417 e. The highest BCUT2D eigenvalue weighted by atomic mass is 35.5. The third kappa shape index (κ3) is 4.23. The largest absolute Gasteiger partial charge is 0.417 e. The first-order valence-corrected chi connectivity index (χ1v) is 11.9. The van der Waals surface area contributed by atoms with Gasteiger partial charge < -0.3 is 9.64 Å². The van der Waals surface area contributed by atoms with Gasteiger partial charge in [0.2, 0.25) is 12.0 Å². The van der Waals surface area contributed by atoms with Crippen molar-refractivity contribution in [1.29, 1.82) is 0 Å². The minimum atomic E-state index is -1.03. The Labute approximate surface area is 183 Å². The highest BCUT2D eigenvalue weighted by molar-refractivity contribution is 8.10. The SMILES string of the molecule is CC(C)N1CCN(C(=O)OC2C(=O)C3=C(SCCS3)N2c2ccc(Cl)cn2)CC1. The number of ether oxygens (including phenoxy) is 1. The van der Waals surface area contributed by atoms with Crippen molar-refractivity contribution in [2.75, 3.05) is 42.6 Å². The Kier molecular flexibility index (Phi) is 6.29. The Morgan fingerprint density at radius 2 is 1.93 bits per heavy atom. The molecule has 3 aliphatic rings. The molecule has 0 radical (unpaired) electrons. The normalized spacial score (nSPS) is 23.0. The quantitative estimate of drug-likeness (QED) is 0.689. The minimum absolute atomic E-state index is 0.178. The molecule has 1 atom stereocenters. The number of rotatable bonds is 3. The first-order chi connectivity index (χ1) is 14.0. The summed E-state index contributed by atoms with van der Waals surface area (Å²) in [6, 6.07) is 3.91. The van der Waals surface area contributed by atoms with Crippen LogP contribution in [0.25, 0.3) is 0 Å². The lowest BCUT2D eigenvalue weighted by Crippen LogP contribution is -2.52. The molecule has 29 heavy (non-hydrogen) atoms. The number of piperazine rings is 1. The molecule has 1 amide bonds. The zero-order chi connectivity index (χ0) is 20.5. The van der Waals surface area contributed by atoms with Crippen molar-refractivity contribution in [2.45, 2.75) is 26.1 Å². The van der Waals surface area contributed by atoms with E-state index in [2.05, 4.69) is 23.7 Å². The summed E-state index contributed by atoms with van der Waals surface area (Å²) in [6.07, 6.45) is 0.0490. The molecular weight excluding hydrogens is 432 g/mol. The molecular formula is C19H23ClN4O3S2. The van der Waals surface area contributed by atoms with E-state index in [4.69, 9.17) is 16.3 Å². The molecule has 0 aromatic carbocycles. The Balaban J connectivity index is 1.53. The Hall–Kier alpha value is -1.42. The third-order valence-corrected chi connectivity index (χ3v) is 7.92. The van der Waals surface area contributed by atoms with Gasteiger partial charge in [-0.1, -0.05) is 11.6 Å². The van der Waals surface area contributed by atoms with Crippen LogP contribution in [0.4, 0.5) is 10.6 Å². The second kappa shape index (κ2) is 8.75. The zero-order valence-corrected chi connectivity index (χ0v) is 18.7. The van der Waals surface area contributed by atoms with E-state index in [9.17, 15) is 9.59 Å². The molecule has 4 heterocycles. The smallest absolute Gasteiger partial charge is 0.412 e. The summed E-state index contributed by atoms with van der Waals surface area (Å²) in [6.45, 7) is 7.07. The Bertz CT molecular complexity index is 825. The number of pyridine rings is 1. The molecule has 1 fully saturated rings. The standard InChI is InChI=1S/C19H23ClN4O3S2/c1-12(2)22-5-7-23(8-6-22)19(26)27-17-15(25)16-18(29-10-9-28-16)24(17)14-4-3-13(20)11-21-14/h3-4,11-12,17H,5-10H2,1-2H3. The van der Waals surface area contributed by atoms with E-state index in [1.807, 2.05) is 0 Å². The number of halogens is 1. The van der Waals surface area contributed by atoms with E-state index in [0.29, 0.717) is 34.9 Å². The molecule has 7 nitrogen and oxygen atoms in total. The average molecular weight is 455 g/mol. The molecule has 0 N–H and O–H groups in total. The van der Waals surface area contributed by atoms with Gasteiger partial charge in [0.05, 0.1) is 15.0 Å². The number of nitrogens with zero attached hydrogens (tertiary/aromatic N) is 4. The number of hydrogen-bond donors (Lipinski definition) is 0. The number of thioether (sulfide) groups is 2. The maximum Gasteiger partial charge on any atom is 0.412 e. The maximum absolute atomic E-state index is 13.1. The van der Waals surface area contributed by atoms with Crippen LogP contribution in [0.1, 0.15) is 13.8 Å². The van der Waals surface area contributed by atoms with Crippen molar-refractivity contribution in [3.05, 3.63) is 33.3 Å². The third-order valence-electron chi connectivity index (χ3n) is 5.14. The van der Waals surface area contributed by atoms with Crippen molar-refractivity contribution in [3.8, 4) is 0 Å². The van der Waals surface area contributed by atoms with Gasteiger partial charge in [0, 0.05) is 49.9 Å². The van der Waals surface area contributed by atoms with Crippen LogP contribution >= 0.6 is 35.1 Å². The van der Waals surface area contributed by atoms with Gasteiger partial charge in [-0.25, -0.2) is 9.78 Å². The first kappa shape index (κ1) is 20.8. The zero-order valence-electron chi connectivity index (χ0n) is 16.3. The average Bonchev–Trinajstić information content (AvgIpc) is 3.01. The molecule has 0 bridgehead atoms. The number of ketones is 1. The molecule has 156 valence electrons. The summed E-state index contributed by atoms with van der Waals surface area (Å²) < 4.78 is 5.75. The molecule has 1 saturated heterocycles. The van der Waals surface area contributed by atoms with Gasteiger partial charge in [-0.05, 0) is 26.0 Å². The van der Waals surface area contributed by atoms with E-state index in [-0.39, 0.29) is 5.78 Å². The van der Waals surface area contributed by atoms with Crippen molar-refractivity contribution in [3.63, 3.8) is 0 Å². The fourth-order valence-corrected chi connectivity index (χ4v) is 6.09. The molecule has 4 rings (SSSR count). The van der Waals surface area contributed by atoms with Crippen molar-refractivity contribution in [2.24, 2.45) is 0 Å². The van der Waals surface area contributed by atoms with Crippen LogP contribution in [0.15, 0.2) is 28.3 Å². The number of anilines is 1. The molecule has 1 aromatic heterocycles. The van der Waals surface area contributed by atoms with Crippen LogP contribution in [0.2, 0.25) is 5.02 Å². The monoisotopic (exact) mass is 454 g/mol. The first-order valence-electron chi connectivity index (χ1n) is 9.60. The van der Waals surface area contributed by atoms with Gasteiger partial charge in [-0.3, -0.25) is 14.6 Å². The number of carbonyl (C=O) groups is 2. The summed E-state index contributed by atoms with van der Waals surface area (Å²) in [5, 5.41) is 1.32. The molecule has 10 heteroatoms. The van der Waals surface area contributed by atoms with Gasteiger partial charge in [-0.2, -0.15) is 0 Å². The van der Waals surface area contributed by atoms with Crippen LogP contribution in [0.3, 0.4) is 0 Å². The van der Waals surface area contributed by atoms with E-state index in [1.165, 1.54) is 18.0 Å². The summed E-state index contributed by atoms with van der Waals surface area (Å²) >= 11 is 9.08. The second-order valence-corrected chi connectivity index (χ2v) is 9.88. The van der Waals surface area contributed by atoms with Crippen LogP contribution in [-0.4, -0.2) is 76.6 Å². The van der Waals surface area contributed by atoms with Crippen molar-refractivity contribution < 1.29 is 14.3 Å². The molecule has 0 spiro atoms.